The second kappa shape index (κ2) is 10.3. The normalized spacial score (nSPS) is 13.3. The third kappa shape index (κ3) is 5.42. The number of carbonyl (C=O) groups excluding carboxylic acids is 1. The van der Waals surface area contributed by atoms with E-state index in [9.17, 15) is 4.79 Å². The highest BCUT2D eigenvalue weighted by Gasteiger charge is 2.34. The Bertz CT molecular complexity index is 747. The number of fused-ring (bicyclic) bond motifs is 1. The predicted molar refractivity (Wildman–Crippen MR) is 110 cm³/mol. The van der Waals surface area contributed by atoms with Gasteiger partial charge in [-0.1, -0.05) is 33.1 Å². The van der Waals surface area contributed by atoms with Gasteiger partial charge in [0.2, 0.25) is 0 Å². The molecule has 0 aliphatic heterocycles. The Morgan fingerprint density at radius 3 is 2.67 bits per heavy atom. The molecule has 0 fully saturated rings. The molecular weight excluding hydrogens is 340 g/mol. The summed E-state index contributed by atoms with van der Waals surface area (Å²) in [7, 11) is 0. The number of hydrogen-bond donors (Lipinski definition) is 1. The fourth-order valence-corrected chi connectivity index (χ4v) is 3.07. The number of aromatic nitrogens is 1. The van der Waals surface area contributed by atoms with E-state index in [1.165, 1.54) is 0 Å². The summed E-state index contributed by atoms with van der Waals surface area (Å²) >= 11 is 0. The van der Waals surface area contributed by atoms with Gasteiger partial charge in [0.15, 0.2) is 0 Å². The van der Waals surface area contributed by atoms with Crippen LogP contribution in [0.25, 0.3) is 10.9 Å². The van der Waals surface area contributed by atoms with E-state index in [1.54, 1.807) is 6.20 Å². The molecule has 27 heavy (non-hydrogen) atoms. The molecule has 5 heteroatoms. The molecule has 1 amide bonds. The molecule has 2 aromatic rings. The number of carbonyl (C=O) groups is 1. The van der Waals surface area contributed by atoms with Crippen LogP contribution in [0.1, 0.15) is 59.8 Å². The molecule has 148 valence electrons. The summed E-state index contributed by atoms with van der Waals surface area (Å²) < 4.78 is 11.6. The van der Waals surface area contributed by atoms with E-state index in [0.29, 0.717) is 19.6 Å². The minimum Gasteiger partial charge on any atom is -0.492 e. The van der Waals surface area contributed by atoms with Crippen LogP contribution in [-0.4, -0.2) is 29.7 Å². The zero-order valence-corrected chi connectivity index (χ0v) is 17.0. The van der Waals surface area contributed by atoms with Crippen LogP contribution in [0.15, 0.2) is 30.5 Å². The first-order valence-electron chi connectivity index (χ1n) is 10.0. The maximum absolute atomic E-state index is 13.1. The van der Waals surface area contributed by atoms with Gasteiger partial charge >= 0.3 is 0 Å². The average molecular weight is 373 g/mol. The van der Waals surface area contributed by atoms with E-state index in [2.05, 4.69) is 24.1 Å². The fraction of sp³-hybridized carbons (Fsp3) is 0.545. The lowest BCUT2D eigenvalue weighted by Gasteiger charge is -2.29. The van der Waals surface area contributed by atoms with E-state index in [4.69, 9.17) is 9.47 Å². The van der Waals surface area contributed by atoms with Crippen molar-refractivity contribution in [2.24, 2.45) is 0 Å². The van der Waals surface area contributed by atoms with Gasteiger partial charge in [-0.05, 0) is 51.0 Å². The highest BCUT2D eigenvalue weighted by atomic mass is 16.5. The molecule has 5 nitrogen and oxygen atoms in total. The van der Waals surface area contributed by atoms with Gasteiger partial charge in [0.25, 0.3) is 5.91 Å². The van der Waals surface area contributed by atoms with Crippen molar-refractivity contribution < 1.29 is 14.3 Å². The van der Waals surface area contributed by atoms with Gasteiger partial charge in [-0.3, -0.25) is 9.78 Å². The molecule has 0 aliphatic carbocycles. The van der Waals surface area contributed by atoms with Crippen LogP contribution in [0, 0.1) is 0 Å². The minimum atomic E-state index is -0.835. The topological polar surface area (TPSA) is 60.5 Å². The SMILES string of the molecule is CCCCC[C@](C)(OCCC)C(=O)Nc1ccc(OCC)c2ncccc12. The molecule has 1 atom stereocenters. The molecule has 0 saturated heterocycles. The number of amides is 1. The molecule has 1 N–H and O–H groups in total. The molecule has 1 heterocycles. The van der Waals surface area contributed by atoms with Crippen LogP contribution in [0.4, 0.5) is 5.69 Å². The van der Waals surface area contributed by atoms with Crippen LogP contribution in [0.3, 0.4) is 0 Å². The largest absolute Gasteiger partial charge is 0.492 e. The van der Waals surface area contributed by atoms with Crippen molar-refractivity contribution in [2.75, 3.05) is 18.5 Å². The Labute approximate surface area is 162 Å². The van der Waals surface area contributed by atoms with E-state index in [0.717, 1.165) is 48.0 Å². The zero-order valence-electron chi connectivity index (χ0n) is 17.0. The first kappa shape index (κ1) is 21.2. The summed E-state index contributed by atoms with van der Waals surface area (Å²) in [6.45, 7) is 9.18. The predicted octanol–water partition coefficient (Wildman–Crippen LogP) is 5.34. The smallest absolute Gasteiger partial charge is 0.256 e. The van der Waals surface area contributed by atoms with Gasteiger partial charge in [0.05, 0.1) is 12.3 Å². The minimum absolute atomic E-state index is 0.110. The lowest BCUT2D eigenvalue weighted by Crippen LogP contribution is -2.43. The van der Waals surface area contributed by atoms with Crippen LogP contribution >= 0.6 is 0 Å². The van der Waals surface area contributed by atoms with Gasteiger partial charge in [-0.25, -0.2) is 0 Å². The number of hydrogen-bond acceptors (Lipinski definition) is 4. The van der Waals surface area contributed by atoms with Crippen LogP contribution in [-0.2, 0) is 9.53 Å². The molecule has 0 aliphatic rings. The molecule has 0 bridgehead atoms. The Balaban J connectivity index is 2.27. The fourth-order valence-electron chi connectivity index (χ4n) is 3.07. The summed E-state index contributed by atoms with van der Waals surface area (Å²) in [5.74, 6) is 0.611. The van der Waals surface area contributed by atoms with Crippen molar-refractivity contribution in [1.29, 1.82) is 0 Å². The van der Waals surface area contributed by atoms with Crippen LogP contribution in [0.2, 0.25) is 0 Å². The Hall–Kier alpha value is -2.14. The van der Waals surface area contributed by atoms with Crippen molar-refractivity contribution >= 4 is 22.5 Å². The molecular formula is C22H32N2O3. The molecule has 0 unspecified atom stereocenters. The number of benzene rings is 1. The van der Waals surface area contributed by atoms with Crippen molar-refractivity contribution in [1.82, 2.24) is 4.98 Å². The Morgan fingerprint density at radius 2 is 1.96 bits per heavy atom. The first-order valence-corrected chi connectivity index (χ1v) is 10.0. The highest BCUT2D eigenvalue weighted by Crippen LogP contribution is 2.31. The number of rotatable bonds is 11. The quantitative estimate of drug-likeness (QED) is 0.541. The summed E-state index contributed by atoms with van der Waals surface area (Å²) in [5.41, 5.74) is 0.644. The van der Waals surface area contributed by atoms with Gasteiger partial charge in [-0.15, -0.1) is 0 Å². The molecule has 1 aromatic carbocycles. The number of anilines is 1. The zero-order chi connectivity index (χ0) is 19.7. The van der Waals surface area contributed by atoms with Crippen molar-refractivity contribution in [3.05, 3.63) is 30.5 Å². The van der Waals surface area contributed by atoms with E-state index >= 15 is 0 Å². The summed E-state index contributed by atoms with van der Waals surface area (Å²) in [6.07, 6.45) is 6.49. The van der Waals surface area contributed by atoms with Gasteiger partial charge in [-0.2, -0.15) is 0 Å². The van der Waals surface area contributed by atoms with Crippen molar-refractivity contribution in [3.63, 3.8) is 0 Å². The molecule has 1 aromatic heterocycles. The van der Waals surface area contributed by atoms with Crippen molar-refractivity contribution in [2.45, 2.75) is 65.4 Å². The van der Waals surface area contributed by atoms with E-state index < -0.39 is 5.60 Å². The molecule has 0 radical (unpaired) electrons. The van der Waals surface area contributed by atoms with Gasteiger partial charge < -0.3 is 14.8 Å². The maximum atomic E-state index is 13.1. The van der Waals surface area contributed by atoms with Crippen LogP contribution in [0.5, 0.6) is 5.75 Å². The molecule has 0 saturated carbocycles. The number of nitrogens with zero attached hydrogens (tertiary/aromatic N) is 1. The number of unbranched alkanes of at least 4 members (excludes halogenated alkanes) is 2. The second-order valence-electron chi connectivity index (χ2n) is 6.93. The van der Waals surface area contributed by atoms with Crippen molar-refractivity contribution in [3.8, 4) is 5.75 Å². The third-order valence-corrected chi connectivity index (χ3v) is 4.64. The Kier molecular flexibility index (Phi) is 8.04. The van der Waals surface area contributed by atoms with Gasteiger partial charge in [0, 0.05) is 18.2 Å². The van der Waals surface area contributed by atoms with E-state index in [1.807, 2.05) is 38.1 Å². The summed E-state index contributed by atoms with van der Waals surface area (Å²) in [5, 5.41) is 3.94. The monoisotopic (exact) mass is 372 g/mol. The number of ether oxygens (including phenoxy) is 2. The van der Waals surface area contributed by atoms with E-state index in [-0.39, 0.29) is 5.91 Å². The molecule has 0 spiro atoms. The third-order valence-electron chi connectivity index (χ3n) is 4.64. The number of nitrogens with one attached hydrogen (secondary N) is 1. The van der Waals surface area contributed by atoms with Gasteiger partial charge in [0.1, 0.15) is 16.9 Å². The second-order valence-corrected chi connectivity index (χ2v) is 6.93. The lowest BCUT2D eigenvalue weighted by molar-refractivity contribution is -0.140. The molecule has 2 rings (SSSR count). The number of pyridine rings is 1. The Morgan fingerprint density at radius 1 is 1.15 bits per heavy atom. The lowest BCUT2D eigenvalue weighted by atomic mass is 9.96. The maximum Gasteiger partial charge on any atom is 0.256 e. The average Bonchev–Trinajstić information content (AvgIpc) is 2.68. The van der Waals surface area contributed by atoms with Crippen LogP contribution < -0.4 is 10.1 Å². The summed E-state index contributed by atoms with van der Waals surface area (Å²) in [4.78, 5) is 17.5. The first-order chi connectivity index (χ1) is 13.1. The highest BCUT2D eigenvalue weighted by molar-refractivity contribution is 6.05. The standard InChI is InChI=1S/C22H32N2O3/c1-5-8-9-14-22(4,27-16-6-2)21(25)24-18-12-13-19(26-7-3)20-17(18)11-10-15-23-20/h10-13,15H,5-9,14,16H2,1-4H3,(H,24,25)/t22-/m0/s1. The summed E-state index contributed by atoms with van der Waals surface area (Å²) in [6, 6.07) is 7.54.